The molecular formula is C18H20O3. The summed E-state index contributed by atoms with van der Waals surface area (Å²) in [6.45, 7) is 4.39. The van der Waals surface area contributed by atoms with Crippen LogP contribution in [-0.4, -0.2) is 10.2 Å². The maximum absolute atomic E-state index is 9.41. The topological polar surface area (TPSA) is 49.7 Å². The lowest BCUT2D eigenvalue weighted by molar-refractivity contribution is 0.0290. The molecule has 3 rings (SSSR count). The SMILES string of the molecule is C[C@H]1[C@H](C)[C@@H](c2ccc(O)cc2)O[C@@H]1c1ccc(O)cc1. The van der Waals surface area contributed by atoms with Crippen LogP contribution < -0.4 is 0 Å². The maximum Gasteiger partial charge on any atom is 0.115 e. The van der Waals surface area contributed by atoms with Crippen molar-refractivity contribution in [1.82, 2.24) is 0 Å². The minimum atomic E-state index is 0.0272. The van der Waals surface area contributed by atoms with Gasteiger partial charge in [-0.15, -0.1) is 0 Å². The zero-order chi connectivity index (χ0) is 15.0. The van der Waals surface area contributed by atoms with Crippen LogP contribution in [0.2, 0.25) is 0 Å². The number of rotatable bonds is 2. The Hall–Kier alpha value is -2.00. The van der Waals surface area contributed by atoms with E-state index < -0.39 is 0 Å². The van der Waals surface area contributed by atoms with Crippen molar-refractivity contribution in [3.8, 4) is 11.5 Å². The van der Waals surface area contributed by atoms with Crippen molar-refractivity contribution in [2.24, 2.45) is 11.8 Å². The Morgan fingerprint density at radius 3 is 1.33 bits per heavy atom. The minimum absolute atomic E-state index is 0.0272. The van der Waals surface area contributed by atoms with Crippen LogP contribution in [0.5, 0.6) is 11.5 Å². The molecule has 1 fully saturated rings. The summed E-state index contributed by atoms with van der Waals surface area (Å²) in [5.74, 6) is 1.31. The third kappa shape index (κ3) is 2.61. The van der Waals surface area contributed by atoms with E-state index in [1.165, 1.54) is 0 Å². The van der Waals surface area contributed by atoms with Gasteiger partial charge in [0.15, 0.2) is 0 Å². The largest absolute Gasteiger partial charge is 0.508 e. The van der Waals surface area contributed by atoms with Crippen molar-refractivity contribution in [3.05, 3.63) is 59.7 Å². The summed E-state index contributed by atoms with van der Waals surface area (Å²) in [6.07, 6.45) is 0.0545. The highest BCUT2D eigenvalue weighted by molar-refractivity contribution is 5.31. The fraction of sp³-hybridized carbons (Fsp3) is 0.333. The summed E-state index contributed by atoms with van der Waals surface area (Å²) in [4.78, 5) is 0. The van der Waals surface area contributed by atoms with Gasteiger partial charge >= 0.3 is 0 Å². The molecule has 4 atom stereocenters. The van der Waals surface area contributed by atoms with Crippen LogP contribution in [0.3, 0.4) is 0 Å². The van der Waals surface area contributed by atoms with Gasteiger partial charge in [0.25, 0.3) is 0 Å². The highest BCUT2D eigenvalue weighted by atomic mass is 16.5. The lowest BCUT2D eigenvalue weighted by Gasteiger charge is -2.16. The van der Waals surface area contributed by atoms with E-state index in [0.29, 0.717) is 11.8 Å². The Balaban J connectivity index is 1.86. The van der Waals surface area contributed by atoms with Gasteiger partial charge in [0.1, 0.15) is 11.5 Å². The third-order valence-corrected chi connectivity index (χ3v) is 4.52. The van der Waals surface area contributed by atoms with E-state index in [-0.39, 0.29) is 23.7 Å². The molecule has 0 unspecified atom stereocenters. The van der Waals surface area contributed by atoms with Gasteiger partial charge in [-0.05, 0) is 47.2 Å². The number of phenols is 2. The monoisotopic (exact) mass is 284 g/mol. The molecule has 3 nitrogen and oxygen atoms in total. The second-order valence-electron chi connectivity index (χ2n) is 5.88. The predicted octanol–water partition coefficient (Wildman–Crippen LogP) is 4.18. The quantitative estimate of drug-likeness (QED) is 0.869. The second kappa shape index (κ2) is 5.41. The molecule has 2 aromatic rings. The Bertz CT molecular complexity index is 548. The van der Waals surface area contributed by atoms with Gasteiger partial charge in [-0.25, -0.2) is 0 Å². The molecule has 110 valence electrons. The Morgan fingerprint density at radius 1 is 0.667 bits per heavy atom. The average Bonchev–Trinajstić information content (AvgIpc) is 2.78. The van der Waals surface area contributed by atoms with Gasteiger partial charge in [0, 0.05) is 0 Å². The van der Waals surface area contributed by atoms with Crippen molar-refractivity contribution in [2.75, 3.05) is 0 Å². The molecule has 3 heteroatoms. The van der Waals surface area contributed by atoms with Crippen LogP contribution in [0.1, 0.15) is 37.2 Å². The Morgan fingerprint density at radius 2 is 1.00 bits per heavy atom. The average molecular weight is 284 g/mol. The molecular weight excluding hydrogens is 264 g/mol. The summed E-state index contributed by atoms with van der Waals surface area (Å²) in [5.41, 5.74) is 2.18. The molecule has 0 saturated carbocycles. The highest BCUT2D eigenvalue weighted by Gasteiger charge is 2.40. The zero-order valence-electron chi connectivity index (χ0n) is 12.2. The standard InChI is InChI=1S/C18H20O3/c1-11-12(2)18(14-5-9-16(20)10-6-14)21-17(11)13-3-7-15(19)8-4-13/h3-12,17-20H,1-2H3/t11-,12-,17-,18-/m0/s1. The van der Waals surface area contributed by atoms with Crippen molar-refractivity contribution in [3.63, 3.8) is 0 Å². The zero-order valence-corrected chi connectivity index (χ0v) is 12.2. The molecule has 2 aromatic carbocycles. The van der Waals surface area contributed by atoms with Gasteiger partial charge in [-0.2, -0.15) is 0 Å². The van der Waals surface area contributed by atoms with Gasteiger partial charge < -0.3 is 14.9 Å². The molecule has 1 heterocycles. The van der Waals surface area contributed by atoms with Gasteiger partial charge in [-0.3, -0.25) is 0 Å². The molecule has 0 aliphatic carbocycles. The predicted molar refractivity (Wildman–Crippen MR) is 81.1 cm³/mol. The van der Waals surface area contributed by atoms with Crippen molar-refractivity contribution >= 4 is 0 Å². The van der Waals surface area contributed by atoms with Gasteiger partial charge in [0.05, 0.1) is 12.2 Å². The smallest absolute Gasteiger partial charge is 0.115 e. The molecule has 21 heavy (non-hydrogen) atoms. The number of benzene rings is 2. The summed E-state index contributed by atoms with van der Waals surface area (Å²) in [6, 6.07) is 14.5. The first-order valence-electron chi connectivity index (χ1n) is 7.29. The highest BCUT2D eigenvalue weighted by Crippen LogP contribution is 2.49. The fourth-order valence-corrected chi connectivity index (χ4v) is 3.05. The van der Waals surface area contributed by atoms with Crippen LogP contribution in [0.25, 0.3) is 0 Å². The van der Waals surface area contributed by atoms with Crippen molar-refractivity contribution < 1.29 is 14.9 Å². The van der Waals surface area contributed by atoms with E-state index in [1.54, 1.807) is 24.3 Å². The molecule has 1 saturated heterocycles. The molecule has 2 N–H and O–H groups in total. The van der Waals surface area contributed by atoms with E-state index >= 15 is 0 Å². The Kier molecular flexibility index (Phi) is 3.60. The van der Waals surface area contributed by atoms with Gasteiger partial charge in [-0.1, -0.05) is 38.1 Å². The number of ether oxygens (including phenoxy) is 1. The van der Waals surface area contributed by atoms with E-state index in [0.717, 1.165) is 11.1 Å². The minimum Gasteiger partial charge on any atom is -0.508 e. The van der Waals surface area contributed by atoms with E-state index in [1.807, 2.05) is 24.3 Å². The van der Waals surface area contributed by atoms with Crippen LogP contribution >= 0.6 is 0 Å². The number of hydrogen-bond donors (Lipinski definition) is 2. The fourth-order valence-electron chi connectivity index (χ4n) is 3.05. The van der Waals surface area contributed by atoms with E-state index in [2.05, 4.69) is 13.8 Å². The first-order chi connectivity index (χ1) is 10.1. The number of hydrogen-bond acceptors (Lipinski definition) is 3. The summed E-state index contributed by atoms with van der Waals surface area (Å²) in [7, 11) is 0. The maximum atomic E-state index is 9.41. The van der Waals surface area contributed by atoms with E-state index in [9.17, 15) is 10.2 Å². The van der Waals surface area contributed by atoms with E-state index in [4.69, 9.17) is 4.74 Å². The number of phenolic OH excluding ortho intramolecular Hbond substituents is 2. The van der Waals surface area contributed by atoms with Crippen molar-refractivity contribution in [2.45, 2.75) is 26.1 Å². The second-order valence-corrected chi connectivity index (χ2v) is 5.88. The van der Waals surface area contributed by atoms with Crippen molar-refractivity contribution in [1.29, 1.82) is 0 Å². The molecule has 0 bridgehead atoms. The van der Waals surface area contributed by atoms with Crippen LogP contribution in [0.4, 0.5) is 0 Å². The van der Waals surface area contributed by atoms with Crippen LogP contribution in [-0.2, 0) is 4.74 Å². The number of aromatic hydroxyl groups is 2. The Labute approximate surface area is 124 Å². The molecule has 0 spiro atoms. The molecule has 0 amide bonds. The molecule has 0 aromatic heterocycles. The van der Waals surface area contributed by atoms with Crippen LogP contribution in [0, 0.1) is 11.8 Å². The molecule has 1 aliphatic heterocycles. The first-order valence-corrected chi connectivity index (χ1v) is 7.29. The summed E-state index contributed by atoms with van der Waals surface area (Å²) >= 11 is 0. The lowest BCUT2D eigenvalue weighted by atomic mass is 9.85. The normalized spacial score (nSPS) is 28.7. The third-order valence-electron chi connectivity index (χ3n) is 4.52. The lowest BCUT2D eigenvalue weighted by Crippen LogP contribution is -2.09. The summed E-state index contributed by atoms with van der Waals surface area (Å²) < 4.78 is 6.27. The molecule has 1 aliphatic rings. The molecule has 0 radical (unpaired) electrons. The first kappa shape index (κ1) is 14.0. The van der Waals surface area contributed by atoms with Gasteiger partial charge in [0.2, 0.25) is 0 Å². The summed E-state index contributed by atoms with van der Waals surface area (Å²) in [5, 5.41) is 18.8. The van der Waals surface area contributed by atoms with Crippen LogP contribution in [0.15, 0.2) is 48.5 Å².